The fourth-order valence-corrected chi connectivity index (χ4v) is 1.54. The van der Waals surface area contributed by atoms with Crippen molar-refractivity contribution in [3.05, 3.63) is 29.8 Å². The summed E-state index contributed by atoms with van der Waals surface area (Å²) in [7, 11) is 0. The van der Waals surface area contributed by atoms with Crippen LogP contribution in [0, 0.1) is 6.92 Å². The molecule has 0 aromatic heterocycles. The number of nitrogens with zero attached hydrogens (tertiary/aromatic N) is 1. The highest BCUT2D eigenvalue weighted by Crippen LogP contribution is 2.09. The fourth-order valence-electron chi connectivity index (χ4n) is 1.54. The Morgan fingerprint density at radius 2 is 1.84 bits per heavy atom. The molecule has 0 aliphatic heterocycles. The van der Waals surface area contributed by atoms with Crippen LogP contribution >= 0.6 is 0 Å². The summed E-state index contributed by atoms with van der Waals surface area (Å²) < 4.78 is 5.00. The molecule has 1 rings (SSSR count). The lowest BCUT2D eigenvalue weighted by molar-refractivity contribution is 0.0908. The number of likely N-dealkylation sites (N-methyl/N-ethyl adjacent to an activating group) is 1. The van der Waals surface area contributed by atoms with Gasteiger partial charge >= 0.3 is 6.09 Å². The molecule has 0 fully saturated rings. The van der Waals surface area contributed by atoms with Crippen LogP contribution in [0.3, 0.4) is 0 Å². The third-order valence-corrected chi connectivity index (χ3v) is 2.81. The van der Waals surface area contributed by atoms with Gasteiger partial charge in [-0.15, -0.1) is 0 Å². The second-order valence-corrected chi connectivity index (χ2v) is 4.18. The van der Waals surface area contributed by atoms with Crippen LogP contribution in [0.2, 0.25) is 0 Å². The topological polar surface area (TPSA) is 50.8 Å². The number of amides is 1. The maximum absolute atomic E-state index is 11.4. The van der Waals surface area contributed by atoms with Crippen LogP contribution in [-0.4, -0.2) is 37.2 Å². The minimum absolute atomic E-state index is 0.352. The van der Waals surface area contributed by atoms with Crippen LogP contribution in [0.25, 0.3) is 0 Å². The molecule has 0 aliphatic carbocycles. The Hall–Kier alpha value is -1.75. The summed E-state index contributed by atoms with van der Waals surface area (Å²) in [5, 5.41) is 0. The minimum atomic E-state index is -0.576. The van der Waals surface area contributed by atoms with E-state index in [0.717, 1.165) is 25.2 Å². The highest BCUT2D eigenvalue weighted by atomic mass is 16.7. The van der Waals surface area contributed by atoms with Gasteiger partial charge in [0.1, 0.15) is 6.61 Å². The Bertz CT molecular complexity index is 375. The predicted molar refractivity (Wildman–Crippen MR) is 74.1 cm³/mol. The van der Waals surface area contributed by atoms with Gasteiger partial charge in [-0.2, -0.15) is 5.48 Å². The molecular weight excluding hydrogens is 244 g/mol. The van der Waals surface area contributed by atoms with Gasteiger partial charge in [-0.1, -0.05) is 31.5 Å². The van der Waals surface area contributed by atoms with Gasteiger partial charge in [-0.05, 0) is 32.1 Å². The van der Waals surface area contributed by atoms with E-state index in [2.05, 4.69) is 24.2 Å². The van der Waals surface area contributed by atoms with E-state index >= 15 is 0 Å². The smallest absolute Gasteiger partial charge is 0.440 e. The number of hydrogen-bond acceptors (Lipinski definition) is 4. The maximum atomic E-state index is 11.4. The zero-order valence-corrected chi connectivity index (χ0v) is 11.8. The molecule has 0 saturated carbocycles. The summed E-state index contributed by atoms with van der Waals surface area (Å²) >= 11 is 0. The average molecular weight is 266 g/mol. The number of ether oxygens (including phenoxy) is 1. The van der Waals surface area contributed by atoms with Gasteiger partial charge in [0.2, 0.25) is 0 Å². The van der Waals surface area contributed by atoms with E-state index in [-0.39, 0.29) is 0 Å². The molecule has 106 valence electrons. The van der Waals surface area contributed by atoms with E-state index in [0.29, 0.717) is 12.4 Å². The van der Waals surface area contributed by atoms with Crippen molar-refractivity contribution in [3.63, 3.8) is 0 Å². The number of hydrogen-bond donors (Lipinski definition) is 1. The Labute approximate surface area is 114 Å². The molecule has 0 aliphatic rings. The number of aryl methyl sites for hydroxylation is 1. The Morgan fingerprint density at radius 3 is 2.42 bits per heavy atom. The van der Waals surface area contributed by atoms with Crippen LogP contribution in [0.5, 0.6) is 5.75 Å². The maximum Gasteiger partial charge on any atom is 0.440 e. The van der Waals surface area contributed by atoms with Crippen LogP contribution in [0.4, 0.5) is 4.79 Å². The quantitative estimate of drug-likeness (QED) is 0.770. The van der Waals surface area contributed by atoms with Crippen molar-refractivity contribution >= 4 is 6.09 Å². The molecule has 1 aromatic rings. The minimum Gasteiger partial charge on any atom is -0.446 e. The Kier molecular flexibility index (Phi) is 6.74. The van der Waals surface area contributed by atoms with Crippen molar-refractivity contribution in [2.24, 2.45) is 0 Å². The summed E-state index contributed by atoms with van der Waals surface area (Å²) in [6, 6.07) is 7.38. The lowest BCUT2D eigenvalue weighted by atomic mass is 10.2. The summed E-state index contributed by atoms with van der Waals surface area (Å²) in [5.74, 6) is 0.575. The largest absolute Gasteiger partial charge is 0.446 e. The molecule has 0 unspecified atom stereocenters. The van der Waals surface area contributed by atoms with Crippen molar-refractivity contribution in [1.82, 2.24) is 10.4 Å². The molecule has 5 heteroatoms. The van der Waals surface area contributed by atoms with Crippen LogP contribution in [0.1, 0.15) is 19.4 Å². The van der Waals surface area contributed by atoms with Crippen molar-refractivity contribution in [2.45, 2.75) is 20.8 Å². The zero-order valence-electron chi connectivity index (χ0n) is 11.8. The molecule has 1 amide bonds. The molecule has 0 atom stereocenters. The van der Waals surface area contributed by atoms with E-state index in [1.165, 1.54) is 0 Å². The van der Waals surface area contributed by atoms with Crippen LogP contribution < -0.4 is 10.3 Å². The number of hydroxylamine groups is 1. The van der Waals surface area contributed by atoms with E-state index in [4.69, 9.17) is 9.57 Å². The molecule has 1 aromatic carbocycles. The SMILES string of the molecule is CCN(CC)CCOC(=O)NOc1ccc(C)cc1. The second kappa shape index (κ2) is 8.37. The molecule has 5 nitrogen and oxygen atoms in total. The third kappa shape index (κ3) is 6.10. The van der Waals surface area contributed by atoms with E-state index < -0.39 is 6.09 Å². The number of carbonyl (C=O) groups excluding carboxylic acids is 1. The van der Waals surface area contributed by atoms with Gasteiger partial charge in [0.05, 0.1) is 0 Å². The normalized spacial score (nSPS) is 10.3. The first-order valence-electron chi connectivity index (χ1n) is 6.54. The van der Waals surface area contributed by atoms with Crippen molar-refractivity contribution in [2.75, 3.05) is 26.2 Å². The van der Waals surface area contributed by atoms with Gasteiger partial charge < -0.3 is 14.5 Å². The average Bonchev–Trinajstić information content (AvgIpc) is 2.43. The molecule has 0 radical (unpaired) electrons. The van der Waals surface area contributed by atoms with E-state index in [1.54, 1.807) is 12.1 Å². The standard InChI is InChI=1S/C14H22N2O3/c1-4-16(5-2)10-11-18-14(17)15-19-13-8-6-12(3)7-9-13/h6-9H,4-5,10-11H2,1-3H3,(H,15,17). The number of carbonyl (C=O) groups is 1. The highest BCUT2D eigenvalue weighted by Gasteiger charge is 2.04. The third-order valence-electron chi connectivity index (χ3n) is 2.81. The first-order valence-corrected chi connectivity index (χ1v) is 6.54. The van der Waals surface area contributed by atoms with E-state index in [9.17, 15) is 4.79 Å². The number of benzene rings is 1. The summed E-state index contributed by atoms with van der Waals surface area (Å²) in [6.07, 6.45) is -0.576. The molecule has 1 N–H and O–H groups in total. The molecule has 0 bridgehead atoms. The number of nitrogens with one attached hydrogen (secondary N) is 1. The van der Waals surface area contributed by atoms with Crippen molar-refractivity contribution in [3.8, 4) is 5.75 Å². The molecule has 19 heavy (non-hydrogen) atoms. The first-order chi connectivity index (χ1) is 9.15. The summed E-state index contributed by atoms with van der Waals surface area (Å²) in [4.78, 5) is 18.6. The lowest BCUT2D eigenvalue weighted by Crippen LogP contribution is -2.32. The first kappa shape index (κ1) is 15.3. The second-order valence-electron chi connectivity index (χ2n) is 4.18. The zero-order chi connectivity index (χ0) is 14.1. The summed E-state index contributed by atoms with van der Waals surface area (Å²) in [6.45, 7) is 9.10. The van der Waals surface area contributed by atoms with Gasteiger partial charge in [-0.25, -0.2) is 4.79 Å². The monoisotopic (exact) mass is 266 g/mol. The van der Waals surface area contributed by atoms with Gasteiger partial charge in [0.15, 0.2) is 5.75 Å². The fraction of sp³-hybridized carbons (Fsp3) is 0.500. The number of rotatable bonds is 7. The summed E-state index contributed by atoms with van der Waals surface area (Å²) in [5.41, 5.74) is 3.38. The van der Waals surface area contributed by atoms with Crippen molar-refractivity contribution in [1.29, 1.82) is 0 Å². The highest BCUT2D eigenvalue weighted by molar-refractivity contribution is 5.66. The van der Waals surface area contributed by atoms with Crippen LogP contribution in [0.15, 0.2) is 24.3 Å². The van der Waals surface area contributed by atoms with Gasteiger partial charge in [0, 0.05) is 6.54 Å². The van der Waals surface area contributed by atoms with Gasteiger partial charge in [-0.3, -0.25) is 0 Å². The predicted octanol–water partition coefficient (Wildman–Crippen LogP) is 2.36. The lowest BCUT2D eigenvalue weighted by Gasteiger charge is -2.17. The van der Waals surface area contributed by atoms with Crippen molar-refractivity contribution < 1.29 is 14.4 Å². The van der Waals surface area contributed by atoms with E-state index in [1.807, 2.05) is 19.1 Å². The van der Waals surface area contributed by atoms with Gasteiger partial charge in [0.25, 0.3) is 0 Å². The molecule has 0 spiro atoms. The van der Waals surface area contributed by atoms with Crippen LogP contribution in [-0.2, 0) is 4.74 Å². The molecular formula is C14H22N2O3. The Balaban J connectivity index is 2.19. The molecule has 0 saturated heterocycles. The Morgan fingerprint density at radius 1 is 1.21 bits per heavy atom. The molecule has 0 heterocycles.